The van der Waals surface area contributed by atoms with Crippen molar-refractivity contribution in [2.45, 2.75) is 25.0 Å². The van der Waals surface area contributed by atoms with Gasteiger partial charge in [-0.1, -0.05) is 60.7 Å². The minimum absolute atomic E-state index is 0.113. The first-order valence-corrected chi connectivity index (χ1v) is 13.1. The molecule has 3 fully saturated rings. The standard InChI is InChI=1S/C31H32N2O5/c1-37-26-14-12-24(13-15-26)29(32-30(35)25-10-6-3-7-11-25)31(36)38-28-21-33(18-16-23(28)17-19-33)20-27(34)22-8-4-2-5-9-22/h2-15,23,28-29H,16-21H2,1H3/p+1/t23?,28-,29-,33?/m0/s1. The van der Waals surface area contributed by atoms with Gasteiger partial charge in [0.1, 0.15) is 18.8 Å². The Morgan fingerprint density at radius 2 is 1.47 bits per heavy atom. The summed E-state index contributed by atoms with van der Waals surface area (Å²) in [5.74, 6) is 0.177. The normalized spacial score (nSPS) is 22.8. The Labute approximate surface area is 223 Å². The number of hydrogen-bond donors (Lipinski definition) is 1. The molecule has 38 heavy (non-hydrogen) atoms. The third-order valence-corrected chi connectivity index (χ3v) is 7.88. The monoisotopic (exact) mass is 513 g/mol. The highest BCUT2D eigenvalue weighted by Crippen LogP contribution is 2.36. The summed E-state index contributed by atoms with van der Waals surface area (Å²) in [5, 5.41) is 2.87. The quantitative estimate of drug-likeness (QED) is 0.264. The van der Waals surface area contributed by atoms with Crippen LogP contribution in [0.2, 0.25) is 0 Å². The van der Waals surface area contributed by atoms with E-state index in [2.05, 4.69) is 5.32 Å². The number of carbonyl (C=O) groups excluding carboxylic acids is 3. The zero-order valence-electron chi connectivity index (χ0n) is 21.5. The molecule has 6 rings (SSSR count). The van der Waals surface area contributed by atoms with Crippen molar-refractivity contribution in [1.29, 1.82) is 0 Å². The van der Waals surface area contributed by atoms with Crippen LogP contribution in [0, 0.1) is 5.92 Å². The number of Topliss-reactive ketones (excluding diaryl/α,β-unsaturated/α-hetero) is 1. The van der Waals surface area contributed by atoms with Crippen LogP contribution in [0.3, 0.4) is 0 Å². The van der Waals surface area contributed by atoms with Crippen LogP contribution < -0.4 is 10.1 Å². The average molecular weight is 514 g/mol. The number of amides is 1. The fourth-order valence-corrected chi connectivity index (χ4v) is 5.69. The maximum absolute atomic E-state index is 13.6. The number of quaternary nitrogens is 1. The van der Waals surface area contributed by atoms with Crippen LogP contribution in [0.4, 0.5) is 0 Å². The number of rotatable bonds is 9. The number of benzene rings is 3. The third-order valence-electron chi connectivity index (χ3n) is 7.88. The van der Waals surface area contributed by atoms with Crippen molar-refractivity contribution in [2.24, 2.45) is 5.92 Å². The average Bonchev–Trinajstić information content (AvgIpc) is 2.97. The van der Waals surface area contributed by atoms with Gasteiger partial charge in [0, 0.05) is 29.9 Å². The molecule has 1 N–H and O–H groups in total. The van der Waals surface area contributed by atoms with Gasteiger partial charge in [0.2, 0.25) is 5.78 Å². The largest absolute Gasteiger partial charge is 0.497 e. The Morgan fingerprint density at radius 1 is 0.868 bits per heavy atom. The fraction of sp³-hybridized carbons (Fsp3) is 0.323. The van der Waals surface area contributed by atoms with E-state index in [9.17, 15) is 14.4 Å². The van der Waals surface area contributed by atoms with Crippen molar-refractivity contribution in [3.63, 3.8) is 0 Å². The molecule has 0 aromatic heterocycles. The van der Waals surface area contributed by atoms with Gasteiger partial charge in [0.15, 0.2) is 12.1 Å². The van der Waals surface area contributed by atoms with Crippen LogP contribution in [-0.4, -0.2) is 61.5 Å². The highest BCUT2D eigenvalue weighted by Gasteiger charge is 2.49. The Morgan fingerprint density at radius 3 is 2.08 bits per heavy atom. The summed E-state index contributed by atoms with van der Waals surface area (Å²) in [5.41, 5.74) is 1.79. The molecule has 196 valence electrons. The molecule has 3 aromatic carbocycles. The van der Waals surface area contributed by atoms with Crippen LogP contribution in [0.5, 0.6) is 5.75 Å². The van der Waals surface area contributed by atoms with Gasteiger partial charge in [0.25, 0.3) is 5.91 Å². The van der Waals surface area contributed by atoms with Crippen LogP contribution in [0.25, 0.3) is 0 Å². The number of carbonyl (C=O) groups is 3. The van der Waals surface area contributed by atoms with E-state index in [-0.39, 0.29) is 23.7 Å². The second-order valence-corrected chi connectivity index (χ2v) is 10.3. The molecule has 7 nitrogen and oxygen atoms in total. The highest BCUT2D eigenvalue weighted by molar-refractivity contribution is 5.97. The van der Waals surface area contributed by atoms with E-state index in [1.807, 2.05) is 36.4 Å². The maximum Gasteiger partial charge on any atom is 0.333 e. The number of fused-ring (bicyclic) bond motifs is 3. The van der Waals surface area contributed by atoms with E-state index in [4.69, 9.17) is 9.47 Å². The van der Waals surface area contributed by atoms with Gasteiger partial charge in [-0.05, 0) is 29.8 Å². The Hall–Kier alpha value is -3.97. The molecule has 2 atom stereocenters. The summed E-state index contributed by atoms with van der Waals surface area (Å²) < 4.78 is 12.0. The molecule has 7 heteroatoms. The molecule has 3 aromatic rings. The molecule has 0 unspecified atom stereocenters. The van der Waals surface area contributed by atoms with Crippen molar-refractivity contribution < 1.29 is 28.3 Å². The zero-order chi connectivity index (χ0) is 26.5. The molecule has 0 spiro atoms. The van der Waals surface area contributed by atoms with Crippen molar-refractivity contribution >= 4 is 17.7 Å². The van der Waals surface area contributed by atoms with E-state index >= 15 is 0 Å². The van der Waals surface area contributed by atoms with Gasteiger partial charge in [-0.15, -0.1) is 0 Å². The van der Waals surface area contributed by atoms with Crippen LogP contribution in [0.1, 0.15) is 45.2 Å². The Bertz CT molecular complexity index is 1270. The molecule has 3 aliphatic rings. The van der Waals surface area contributed by atoms with Crippen molar-refractivity contribution in [3.8, 4) is 5.75 Å². The van der Waals surface area contributed by atoms with Gasteiger partial charge in [0.05, 0.1) is 20.2 Å². The first kappa shape index (κ1) is 25.7. The lowest BCUT2D eigenvalue weighted by Crippen LogP contribution is -2.66. The summed E-state index contributed by atoms with van der Waals surface area (Å²) in [6, 6.07) is 24.2. The number of piperidine rings is 3. The molecular formula is C31H33N2O5+. The summed E-state index contributed by atoms with van der Waals surface area (Å²) in [4.78, 5) is 39.7. The van der Waals surface area contributed by atoms with Gasteiger partial charge in [-0.2, -0.15) is 0 Å². The molecular weight excluding hydrogens is 480 g/mol. The first-order chi connectivity index (χ1) is 18.5. The fourth-order valence-electron chi connectivity index (χ4n) is 5.69. The zero-order valence-corrected chi connectivity index (χ0v) is 21.5. The van der Waals surface area contributed by atoms with Crippen molar-refractivity contribution in [2.75, 3.05) is 33.3 Å². The number of ketones is 1. The van der Waals surface area contributed by atoms with Gasteiger partial charge < -0.3 is 19.3 Å². The molecule has 2 bridgehead atoms. The predicted octanol–water partition coefficient (Wildman–Crippen LogP) is 4.20. The van der Waals surface area contributed by atoms with Crippen molar-refractivity contribution in [1.82, 2.24) is 5.32 Å². The van der Waals surface area contributed by atoms with Gasteiger partial charge >= 0.3 is 5.97 Å². The topological polar surface area (TPSA) is 81.7 Å². The number of nitrogens with zero attached hydrogens (tertiary/aromatic N) is 1. The molecule has 1 amide bonds. The molecule has 0 aliphatic carbocycles. The van der Waals surface area contributed by atoms with E-state index in [1.165, 1.54) is 0 Å². The number of ether oxygens (including phenoxy) is 2. The minimum Gasteiger partial charge on any atom is -0.497 e. The lowest BCUT2D eigenvalue weighted by molar-refractivity contribution is -0.938. The van der Waals surface area contributed by atoms with Gasteiger partial charge in [-0.25, -0.2) is 4.79 Å². The minimum atomic E-state index is -0.969. The van der Waals surface area contributed by atoms with E-state index in [0.29, 0.717) is 40.0 Å². The van der Waals surface area contributed by atoms with E-state index in [0.717, 1.165) is 25.9 Å². The Balaban J connectivity index is 1.32. The summed E-state index contributed by atoms with van der Waals surface area (Å²) >= 11 is 0. The molecule has 3 saturated heterocycles. The maximum atomic E-state index is 13.6. The molecule has 0 radical (unpaired) electrons. The second-order valence-electron chi connectivity index (χ2n) is 10.3. The number of esters is 1. The highest BCUT2D eigenvalue weighted by atomic mass is 16.5. The Kier molecular flexibility index (Phi) is 7.56. The van der Waals surface area contributed by atoms with Crippen molar-refractivity contribution in [3.05, 3.63) is 102 Å². The van der Waals surface area contributed by atoms with Crippen LogP contribution in [-0.2, 0) is 9.53 Å². The lowest BCUT2D eigenvalue weighted by atomic mass is 9.82. The lowest BCUT2D eigenvalue weighted by Gasteiger charge is -2.51. The number of methoxy groups -OCH3 is 1. The number of nitrogens with one attached hydrogen (secondary N) is 1. The first-order valence-electron chi connectivity index (χ1n) is 13.1. The summed E-state index contributed by atoms with van der Waals surface area (Å²) in [6.07, 6.45) is 1.51. The predicted molar refractivity (Wildman–Crippen MR) is 143 cm³/mol. The summed E-state index contributed by atoms with van der Waals surface area (Å²) in [6.45, 7) is 2.82. The second kappa shape index (κ2) is 11.2. The molecule has 3 aliphatic heterocycles. The molecule has 3 heterocycles. The smallest absolute Gasteiger partial charge is 0.333 e. The summed E-state index contributed by atoms with van der Waals surface area (Å²) in [7, 11) is 1.58. The third kappa shape index (κ3) is 5.63. The van der Waals surface area contributed by atoms with E-state index < -0.39 is 12.0 Å². The van der Waals surface area contributed by atoms with Gasteiger partial charge in [-0.3, -0.25) is 9.59 Å². The number of hydrogen-bond acceptors (Lipinski definition) is 5. The van der Waals surface area contributed by atoms with Crippen LogP contribution in [0.15, 0.2) is 84.9 Å². The SMILES string of the molecule is COc1ccc([C@H](NC(=O)c2ccccc2)C(=O)O[C@H]2C[N+]3(CC(=O)c4ccccc4)CCC2CC3)cc1. The van der Waals surface area contributed by atoms with Crippen LogP contribution >= 0.6 is 0 Å². The molecule has 0 saturated carbocycles. The van der Waals surface area contributed by atoms with E-state index in [1.54, 1.807) is 55.6 Å².